The molecule has 0 aromatic rings. The van der Waals surface area contributed by atoms with Crippen molar-refractivity contribution in [2.24, 2.45) is 5.73 Å². The molecule has 0 aliphatic rings. The lowest BCUT2D eigenvalue weighted by molar-refractivity contribution is -0.314. The third-order valence-electron chi connectivity index (χ3n) is 1.50. The van der Waals surface area contributed by atoms with E-state index in [2.05, 4.69) is 0 Å². The Kier molecular flexibility index (Phi) is 5.24. The van der Waals surface area contributed by atoms with Gasteiger partial charge in [-0.15, -0.1) is 0 Å². The summed E-state index contributed by atoms with van der Waals surface area (Å²) in [6, 6.07) is -1.74. The Morgan fingerprint density at radius 2 is 1.80 bits per heavy atom. The Balaban J connectivity index is 4.35. The van der Waals surface area contributed by atoms with Gasteiger partial charge in [0, 0.05) is 6.42 Å². The van der Waals surface area contributed by atoms with Gasteiger partial charge in [0.2, 0.25) is 5.91 Å². The van der Waals surface area contributed by atoms with Crippen LogP contribution in [0.25, 0.3) is 0 Å². The topological polar surface area (TPSA) is 135 Å². The van der Waals surface area contributed by atoms with Gasteiger partial charge in [0.1, 0.15) is 6.17 Å². The van der Waals surface area contributed by atoms with Crippen molar-refractivity contribution in [3.63, 3.8) is 0 Å². The summed E-state index contributed by atoms with van der Waals surface area (Å²) in [7, 11) is 0. The minimum Gasteiger partial charge on any atom is -0.548 e. The highest BCUT2D eigenvalue weighted by atomic mass is 19.1. The summed E-state index contributed by atoms with van der Waals surface area (Å²) >= 11 is 0. The fraction of sp³-hybridized carbons (Fsp3) is 0.571. The van der Waals surface area contributed by atoms with E-state index in [4.69, 9.17) is 5.73 Å². The normalized spacial score (nSPS) is 14.0. The Bertz CT molecular complexity index is 270. The largest absolute Gasteiger partial charge is 0.548 e. The minimum absolute atomic E-state index is 0.494. The first-order valence-corrected chi connectivity index (χ1v) is 3.93. The quantitative estimate of drug-likeness (QED) is 0.464. The van der Waals surface area contributed by atoms with Crippen LogP contribution in [0.15, 0.2) is 0 Å². The highest BCUT2D eigenvalue weighted by Crippen LogP contribution is 2.01. The van der Waals surface area contributed by atoms with Crippen LogP contribution in [-0.2, 0) is 14.4 Å². The predicted molar refractivity (Wildman–Crippen MR) is 40.5 cm³/mol. The molecule has 2 unspecified atom stereocenters. The summed E-state index contributed by atoms with van der Waals surface area (Å²) in [5.74, 6) is -4.70. The fourth-order valence-electron chi connectivity index (χ4n) is 0.770. The maximum atomic E-state index is 12.6. The van der Waals surface area contributed by atoms with Gasteiger partial charge in [-0.05, 0) is 0 Å². The van der Waals surface area contributed by atoms with Crippen molar-refractivity contribution in [1.29, 1.82) is 0 Å². The summed E-state index contributed by atoms with van der Waals surface area (Å²) in [6.45, 7) is -0.494. The number of nitrogens with one attached hydrogen (secondary N) is 1. The van der Waals surface area contributed by atoms with Crippen molar-refractivity contribution >= 4 is 17.8 Å². The van der Waals surface area contributed by atoms with E-state index >= 15 is 0 Å². The smallest absolute Gasteiger partial charge is 0.234 e. The van der Waals surface area contributed by atoms with Gasteiger partial charge in [-0.3, -0.25) is 4.79 Å². The van der Waals surface area contributed by atoms with Crippen LogP contribution in [0.3, 0.4) is 0 Å². The van der Waals surface area contributed by atoms with E-state index in [-0.39, 0.29) is 0 Å². The van der Waals surface area contributed by atoms with Crippen molar-refractivity contribution in [3.8, 4) is 0 Å². The second kappa shape index (κ2) is 5.91. The van der Waals surface area contributed by atoms with Crippen LogP contribution in [-0.4, -0.2) is 36.6 Å². The number of rotatable bonds is 6. The molecule has 0 spiro atoms. The third kappa shape index (κ3) is 4.91. The molecule has 0 aromatic heterocycles. The van der Waals surface area contributed by atoms with Crippen molar-refractivity contribution < 1.29 is 29.0 Å². The van der Waals surface area contributed by atoms with Gasteiger partial charge in [0.15, 0.2) is 0 Å². The number of nitrogens with two attached hydrogens (primary N) is 1. The molecule has 86 valence electrons. The van der Waals surface area contributed by atoms with E-state index in [1.54, 1.807) is 5.32 Å². The highest BCUT2D eigenvalue weighted by molar-refractivity contribution is 5.84. The molecule has 0 saturated heterocycles. The van der Waals surface area contributed by atoms with Crippen molar-refractivity contribution in [1.82, 2.24) is 5.32 Å². The standard InChI is InChI=1S/C7H11FN2O5/c8-3(6(12)13)1-4(7(14)15)10-5(11)2-9/h3-4H,1-2,9H2,(H,10,11)(H,12,13)(H,14,15)/p-2. The van der Waals surface area contributed by atoms with Crippen LogP contribution in [0.2, 0.25) is 0 Å². The Morgan fingerprint density at radius 1 is 1.27 bits per heavy atom. The summed E-state index contributed by atoms with van der Waals surface area (Å²) in [6.07, 6.45) is -3.46. The number of halogens is 1. The number of carbonyl (C=O) groups excluding carboxylic acids is 3. The lowest BCUT2D eigenvalue weighted by Gasteiger charge is -2.21. The summed E-state index contributed by atoms with van der Waals surface area (Å²) in [4.78, 5) is 31.0. The number of alkyl halides is 1. The first-order valence-electron chi connectivity index (χ1n) is 3.93. The molecule has 0 bridgehead atoms. The highest BCUT2D eigenvalue weighted by Gasteiger charge is 2.19. The molecule has 0 heterocycles. The van der Waals surface area contributed by atoms with Crippen LogP contribution in [0.4, 0.5) is 4.39 Å². The second-order valence-corrected chi connectivity index (χ2v) is 2.67. The first-order chi connectivity index (χ1) is 6.88. The van der Waals surface area contributed by atoms with Gasteiger partial charge in [-0.1, -0.05) is 0 Å². The van der Waals surface area contributed by atoms with Crippen LogP contribution < -0.4 is 21.3 Å². The molecule has 0 aliphatic heterocycles. The first kappa shape index (κ1) is 13.3. The zero-order valence-corrected chi connectivity index (χ0v) is 7.57. The summed E-state index contributed by atoms with van der Waals surface area (Å²) in [5.41, 5.74) is 4.86. The lowest BCUT2D eigenvalue weighted by Crippen LogP contribution is -2.52. The molecule has 0 fully saturated rings. The number of amides is 1. The zero-order chi connectivity index (χ0) is 12.0. The zero-order valence-electron chi connectivity index (χ0n) is 7.57. The average molecular weight is 220 g/mol. The monoisotopic (exact) mass is 220 g/mol. The molecule has 0 radical (unpaired) electrons. The molecule has 0 rings (SSSR count). The lowest BCUT2D eigenvalue weighted by atomic mass is 10.1. The summed E-state index contributed by atoms with van der Waals surface area (Å²) < 4.78 is 12.6. The minimum atomic E-state index is -2.49. The van der Waals surface area contributed by atoms with E-state index in [0.29, 0.717) is 0 Å². The molecule has 2 atom stereocenters. The fourth-order valence-corrected chi connectivity index (χ4v) is 0.770. The molecule has 3 N–H and O–H groups in total. The third-order valence-corrected chi connectivity index (χ3v) is 1.50. The van der Waals surface area contributed by atoms with Gasteiger partial charge < -0.3 is 30.9 Å². The van der Waals surface area contributed by atoms with Crippen LogP contribution in [0, 0.1) is 0 Å². The Hall–Kier alpha value is -1.70. The van der Waals surface area contributed by atoms with Crippen LogP contribution in [0.5, 0.6) is 0 Å². The summed E-state index contributed by atoms with van der Waals surface area (Å²) in [5, 5.41) is 22.1. The average Bonchev–Trinajstić information content (AvgIpc) is 2.15. The van der Waals surface area contributed by atoms with Gasteiger partial charge in [-0.2, -0.15) is 0 Å². The number of carbonyl (C=O) groups is 3. The number of carboxylic acids is 2. The Morgan fingerprint density at radius 3 is 2.13 bits per heavy atom. The van der Waals surface area contributed by atoms with Gasteiger partial charge in [-0.25, -0.2) is 4.39 Å². The van der Waals surface area contributed by atoms with Gasteiger partial charge in [0.05, 0.1) is 24.5 Å². The number of aliphatic carboxylic acids is 2. The molecule has 0 aromatic carbocycles. The van der Waals surface area contributed by atoms with E-state index in [1.165, 1.54) is 0 Å². The van der Waals surface area contributed by atoms with E-state index < -0.39 is 43.0 Å². The van der Waals surface area contributed by atoms with E-state index in [1.807, 2.05) is 0 Å². The predicted octanol–water partition coefficient (Wildman–Crippen LogP) is -4.34. The van der Waals surface area contributed by atoms with E-state index in [9.17, 15) is 29.0 Å². The van der Waals surface area contributed by atoms with Crippen LogP contribution >= 0.6 is 0 Å². The number of hydrogen-bond acceptors (Lipinski definition) is 6. The second-order valence-electron chi connectivity index (χ2n) is 2.67. The van der Waals surface area contributed by atoms with Gasteiger partial charge >= 0.3 is 0 Å². The molecule has 1 amide bonds. The maximum Gasteiger partial charge on any atom is 0.234 e. The maximum absolute atomic E-state index is 12.6. The molecular weight excluding hydrogens is 211 g/mol. The van der Waals surface area contributed by atoms with Crippen molar-refractivity contribution in [2.45, 2.75) is 18.6 Å². The molecule has 0 saturated carbocycles. The SMILES string of the molecule is NCC(=O)NC(CC(F)C(=O)[O-])C(=O)[O-]. The molecular formula is C7H9FN2O5-2. The molecule has 0 aliphatic carbocycles. The number of carboxylic acid groups (broad SMARTS) is 2. The Labute approximate surface area is 84.1 Å². The van der Waals surface area contributed by atoms with Crippen molar-refractivity contribution in [2.75, 3.05) is 6.54 Å². The molecule has 15 heavy (non-hydrogen) atoms. The van der Waals surface area contributed by atoms with Gasteiger partial charge in [0.25, 0.3) is 0 Å². The molecule has 7 nitrogen and oxygen atoms in total. The molecule has 8 heteroatoms. The van der Waals surface area contributed by atoms with Crippen LogP contribution in [0.1, 0.15) is 6.42 Å². The number of hydrogen-bond donors (Lipinski definition) is 2. The van der Waals surface area contributed by atoms with Crippen molar-refractivity contribution in [3.05, 3.63) is 0 Å². The van der Waals surface area contributed by atoms with E-state index in [0.717, 1.165) is 0 Å².